The predicted molar refractivity (Wildman–Crippen MR) is 135 cm³/mol. The van der Waals surface area contributed by atoms with Gasteiger partial charge in [-0.05, 0) is 29.2 Å². The summed E-state index contributed by atoms with van der Waals surface area (Å²) in [6.07, 6.45) is 7.08. The Morgan fingerprint density at radius 1 is 0.469 bits per heavy atom. The molecule has 0 aliphatic heterocycles. The van der Waals surface area contributed by atoms with Crippen LogP contribution in [0, 0.1) is 12.3 Å². The molecule has 0 nitrogen and oxygen atoms in total. The second kappa shape index (κ2) is 12.2. The molecule has 0 fully saturated rings. The average molecular weight is 610 g/mol. The molecule has 0 unspecified atom stereocenters. The standard InChI is InChI=1S/C18H15P.C12H7.Au/c1-4-10-16(11-5-1)19(17-12-6-2-7-13-17)18-14-8-3-9-15-18;1-2-10-7-5-8-11-6-3-4-9-12(10)11;/h1-15H;3-9H;/q;-1;+1. The number of benzene rings is 5. The van der Waals surface area contributed by atoms with Crippen LogP contribution in [0.2, 0.25) is 0 Å². The van der Waals surface area contributed by atoms with Crippen LogP contribution in [0.5, 0.6) is 0 Å². The van der Waals surface area contributed by atoms with Crippen LogP contribution in [0.15, 0.2) is 133 Å². The SMILES string of the molecule is [Au+].[C-]#Cc1cccc2ccccc12.c1ccc(P(c2ccccc2)c2ccccc2)cc1. The van der Waals surface area contributed by atoms with E-state index in [-0.39, 0.29) is 22.4 Å². The molecule has 5 aromatic rings. The second-order valence-corrected chi connectivity index (χ2v) is 9.21. The summed E-state index contributed by atoms with van der Waals surface area (Å²) in [4.78, 5) is 0. The summed E-state index contributed by atoms with van der Waals surface area (Å²) < 4.78 is 0. The van der Waals surface area contributed by atoms with Crippen molar-refractivity contribution in [2.75, 3.05) is 0 Å². The number of hydrogen-bond donors (Lipinski definition) is 0. The summed E-state index contributed by atoms with van der Waals surface area (Å²) in [5.41, 5.74) is 0.855. The predicted octanol–water partition coefficient (Wildman–Crippen LogP) is 6.22. The molecule has 0 aromatic heterocycles. The fraction of sp³-hybridized carbons (Fsp3) is 0. The van der Waals surface area contributed by atoms with Crippen molar-refractivity contribution < 1.29 is 22.4 Å². The third-order valence-corrected chi connectivity index (χ3v) is 7.41. The van der Waals surface area contributed by atoms with Crippen molar-refractivity contribution in [3.8, 4) is 5.92 Å². The van der Waals surface area contributed by atoms with Crippen LogP contribution in [0.3, 0.4) is 0 Å². The summed E-state index contributed by atoms with van der Waals surface area (Å²) in [5.74, 6) is 2.42. The first-order valence-electron chi connectivity index (χ1n) is 10.2. The Labute approximate surface area is 207 Å². The first-order valence-corrected chi connectivity index (χ1v) is 11.6. The Kier molecular flexibility index (Phi) is 9.06. The molecule has 5 aromatic carbocycles. The third-order valence-electron chi connectivity index (χ3n) is 4.97. The van der Waals surface area contributed by atoms with Crippen LogP contribution in [-0.4, -0.2) is 0 Å². The molecule has 0 spiro atoms. The molecule has 0 aliphatic rings. The minimum atomic E-state index is -0.446. The van der Waals surface area contributed by atoms with Gasteiger partial charge in [-0.1, -0.05) is 133 Å². The zero-order valence-electron chi connectivity index (χ0n) is 17.5. The van der Waals surface area contributed by atoms with E-state index in [0.29, 0.717) is 0 Å². The van der Waals surface area contributed by atoms with Gasteiger partial charge in [-0.3, -0.25) is 5.92 Å². The quantitative estimate of drug-likeness (QED) is 0.0986. The minimum Gasteiger partial charge on any atom is -0.366 e. The summed E-state index contributed by atoms with van der Waals surface area (Å²) in [6.45, 7) is 0. The second-order valence-electron chi connectivity index (χ2n) is 6.99. The zero-order chi connectivity index (χ0) is 21.3. The summed E-state index contributed by atoms with van der Waals surface area (Å²) in [7, 11) is -0.446. The molecule has 5 rings (SSSR count). The number of rotatable bonds is 3. The van der Waals surface area contributed by atoms with Crippen molar-refractivity contribution in [2.45, 2.75) is 0 Å². The monoisotopic (exact) mass is 610 g/mol. The molecular weight excluding hydrogens is 588 g/mol. The van der Waals surface area contributed by atoms with Gasteiger partial charge in [0.25, 0.3) is 0 Å². The molecule has 0 saturated heterocycles. The largest absolute Gasteiger partial charge is 1.00 e. The van der Waals surface area contributed by atoms with E-state index in [1.54, 1.807) is 0 Å². The van der Waals surface area contributed by atoms with Crippen molar-refractivity contribution in [1.82, 2.24) is 0 Å². The van der Waals surface area contributed by atoms with Crippen molar-refractivity contribution in [3.05, 3.63) is 145 Å². The normalized spacial score (nSPS) is 9.88. The number of hydrogen-bond acceptors (Lipinski definition) is 0. The van der Waals surface area contributed by atoms with Gasteiger partial charge in [-0.25, -0.2) is 0 Å². The van der Waals surface area contributed by atoms with Crippen LogP contribution >= 0.6 is 7.92 Å². The summed E-state index contributed by atoms with van der Waals surface area (Å²) in [5, 5.41) is 6.45. The molecule has 0 bridgehead atoms. The Morgan fingerprint density at radius 2 is 0.875 bits per heavy atom. The topological polar surface area (TPSA) is 0 Å². The van der Waals surface area contributed by atoms with Gasteiger partial charge in [0.05, 0.1) is 0 Å². The maximum atomic E-state index is 7.08. The first kappa shape index (κ1) is 23.7. The van der Waals surface area contributed by atoms with E-state index in [0.717, 1.165) is 16.3 Å². The Hall–Kier alpha value is -2.91. The van der Waals surface area contributed by atoms with Crippen molar-refractivity contribution in [3.63, 3.8) is 0 Å². The molecule has 0 aliphatic carbocycles. The van der Waals surface area contributed by atoms with Gasteiger partial charge in [0, 0.05) is 0 Å². The van der Waals surface area contributed by atoms with E-state index in [9.17, 15) is 0 Å². The third kappa shape index (κ3) is 5.86. The molecule has 32 heavy (non-hydrogen) atoms. The molecule has 0 amide bonds. The zero-order valence-corrected chi connectivity index (χ0v) is 20.5. The Morgan fingerprint density at radius 3 is 1.34 bits per heavy atom. The molecule has 0 radical (unpaired) electrons. The van der Waals surface area contributed by atoms with Crippen molar-refractivity contribution in [2.24, 2.45) is 0 Å². The van der Waals surface area contributed by atoms with Crippen LogP contribution in [-0.2, 0) is 22.4 Å². The molecule has 0 heterocycles. The van der Waals surface area contributed by atoms with E-state index >= 15 is 0 Å². The van der Waals surface area contributed by atoms with Gasteiger partial charge < -0.3 is 6.42 Å². The van der Waals surface area contributed by atoms with Crippen LogP contribution < -0.4 is 15.9 Å². The maximum absolute atomic E-state index is 7.08. The maximum Gasteiger partial charge on any atom is 1.00 e. The van der Waals surface area contributed by atoms with Gasteiger partial charge in [-0.15, -0.1) is 11.6 Å². The van der Waals surface area contributed by atoms with E-state index in [1.165, 1.54) is 15.9 Å². The fourth-order valence-electron chi connectivity index (χ4n) is 3.51. The molecular formula is C30H22AuP. The van der Waals surface area contributed by atoms with Gasteiger partial charge in [-0.2, -0.15) is 0 Å². The smallest absolute Gasteiger partial charge is 0.366 e. The minimum absolute atomic E-state index is 0. The van der Waals surface area contributed by atoms with Crippen LogP contribution in [0.1, 0.15) is 5.56 Å². The molecule has 2 heteroatoms. The van der Waals surface area contributed by atoms with E-state index in [2.05, 4.69) is 96.9 Å². The first-order chi connectivity index (χ1) is 15.4. The van der Waals surface area contributed by atoms with Gasteiger partial charge in [0.2, 0.25) is 0 Å². The molecule has 0 atom stereocenters. The summed E-state index contributed by atoms with van der Waals surface area (Å²) in [6, 6.07) is 46.2. The van der Waals surface area contributed by atoms with Crippen LogP contribution in [0.25, 0.3) is 10.8 Å². The Balaban J connectivity index is 0.000000193. The number of fused-ring (bicyclic) bond motifs is 1. The van der Waals surface area contributed by atoms with Gasteiger partial charge in [0.15, 0.2) is 0 Å². The van der Waals surface area contributed by atoms with Crippen molar-refractivity contribution >= 4 is 34.6 Å². The van der Waals surface area contributed by atoms with Gasteiger partial charge >= 0.3 is 22.4 Å². The molecule has 0 saturated carbocycles. The molecule has 158 valence electrons. The average Bonchev–Trinajstić information content (AvgIpc) is 2.86. The van der Waals surface area contributed by atoms with Crippen molar-refractivity contribution in [1.29, 1.82) is 0 Å². The summed E-state index contributed by atoms with van der Waals surface area (Å²) >= 11 is 0. The fourth-order valence-corrected chi connectivity index (χ4v) is 5.82. The van der Waals surface area contributed by atoms with E-state index in [4.69, 9.17) is 6.42 Å². The Bertz CT molecular complexity index is 1180. The van der Waals surface area contributed by atoms with Crippen LogP contribution in [0.4, 0.5) is 0 Å². The molecule has 0 N–H and O–H groups in total. The van der Waals surface area contributed by atoms with E-state index < -0.39 is 7.92 Å². The van der Waals surface area contributed by atoms with Gasteiger partial charge in [0.1, 0.15) is 0 Å². The van der Waals surface area contributed by atoms with E-state index in [1.807, 2.05) is 42.5 Å².